The molecule has 0 spiro atoms. The van der Waals surface area contributed by atoms with E-state index in [2.05, 4.69) is 49.1 Å². The fourth-order valence-electron chi connectivity index (χ4n) is 2.72. The Hall–Kier alpha value is -1.33. The van der Waals surface area contributed by atoms with E-state index >= 15 is 0 Å². The van der Waals surface area contributed by atoms with Crippen LogP contribution in [0, 0.1) is 11.3 Å². The fraction of sp³-hybridized carbons (Fsp3) is 0.562. The molecule has 96 valence electrons. The minimum atomic E-state index is -0.466. The van der Waals surface area contributed by atoms with E-state index in [1.165, 1.54) is 24.8 Å². The first kappa shape index (κ1) is 13.1. The normalized spacial score (nSPS) is 20.1. The number of likely N-dealkylation sites (tertiary alicyclic amines) is 1. The number of nitrogens with zero attached hydrogens (tertiary/aromatic N) is 2. The van der Waals surface area contributed by atoms with Gasteiger partial charge in [-0.1, -0.05) is 37.6 Å². The molecule has 1 saturated heterocycles. The van der Waals surface area contributed by atoms with Gasteiger partial charge in [-0.15, -0.1) is 0 Å². The highest BCUT2D eigenvalue weighted by atomic mass is 15.2. The number of hydrogen-bond acceptors (Lipinski definition) is 2. The van der Waals surface area contributed by atoms with Crippen molar-refractivity contribution in [3.05, 3.63) is 35.4 Å². The average Bonchev–Trinajstić information content (AvgIpc) is 2.47. The lowest BCUT2D eigenvalue weighted by molar-refractivity contribution is 0.123. The van der Waals surface area contributed by atoms with Crippen LogP contribution in [-0.2, 0) is 12.0 Å². The van der Waals surface area contributed by atoms with Gasteiger partial charge in [0.1, 0.15) is 5.54 Å². The maximum Gasteiger partial charge on any atom is 0.131 e. The molecule has 0 amide bonds. The van der Waals surface area contributed by atoms with Crippen molar-refractivity contribution in [1.29, 1.82) is 5.26 Å². The summed E-state index contributed by atoms with van der Waals surface area (Å²) in [5.41, 5.74) is 1.99. The highest BCUT2D eigenvalue weighted by Gasteiger charge is 2.34. The first-order chi connectivity index (χ1) is 8.70. The van der Waals surface area contributed by atoms with Crippen LogP contribution in [0.4, 0.5) is 0 Å². The Balaban J connectivity index is 2.27. The number of benzene rings is 1. The average molecular weight is 242 g/mol. The summed E-state index contributed by atoms with van der Waals surface area (Å²) in [6.07, 6.45) is 4.77. The van der Waals surface area contributed by atoms with Crippen molar-refractivity contribution in [3.63, 3.8) is 0 Å². The molecule has 0 saturated carbocycles. The summed E-state index contributed by atoms with van der Waals surface area (Å²) < 4.78 is 0. The van der Waals surface area contributed by atoms with Gasteiger partial charge < -0.3 is 0 Å². The molecule has 2 nitrogen and oxygen atoms in total. The molecule has 0 bridgehead atoms. The van der Waals surface area contributed by atoms with Crippen molar-refractivity contribution in [3.8, 4) is 6.07 Å². The molecule has 1 aromatic rings. The first-order valence-electron chi connectivity index (χ1n) is 6.96. The molecule has 1 aromatic carbocycles. The monoisotopic (exact) mass is 242 g/mol. The van der Waals surface area contributed by atoms with Gasteiger partial charge in [0.25, 0.3) is 0 Å². The number of piperidine rings is 1. The third-order valence-electron chi connectivity index (χ3n) is 4.13. The van der Waals surface area contributed by atoms with Gasteiger partial charge in [-0.2, -0.15) is 5.26 Å². The zero-order valence-electron chi connectivity index (χ0n) is 11.4. The fourth-order valence-corrected chi connectivity index (χ4v) is 2.72. The second kappa shape index (κ2) is 5.54. The van der Waals surface area contributed by atoms with E-state index in [0.717, 1.165) is 25.1 Å². The molecule has 18 heavy (non-hydrogen) atoms. The summed E-state index contributed by atoms with van der Waals surface area (Å²) in [5, 5.41) is 9.63. The van der Waals surface area contributed by atoms with Crippen molar-refractivity contribution in [2.24, 2.45) is 0 Å². The van der Waals surface area contributed by atoms with Crippen molar-refractivity contribution in [2.45, 2.75) is 45.1 Å². The molecule has 1 aliphatic heterocycles. The minimum Gasteiger partial charge on any atom is -0.282 e. The lowest BCUT2D eigenvalue weighted by Gasteiger charge is -2.38. The third-order valence-corrected chi connectivity index (χ3v) is 4.13. The van der Waals surface area contributed by atoms with Crippen LogP contribution in [0.5, 0.6) is 0 Å². The van der Waals surface area contributed by atoms with Crippen molar-refractivity contribution in [1.82, 2.24) is 4.90 Å². The zero-order valence-corrected chi connectivity index (χ0v) is 11.4. The molecule has 2 heteroatoms. The van der Waals surface area contributed by atoms with Crippen LogP contribution in [0.15, 0.2) is 24.3 Å². The molecule has 1 heterocycles. The van der Waals surface area contributed by atoms with Gasteiger partial charge in [-0.25, -0.2) is 0 Å². The van der Waals surface area contributed by atoms with Crippen molar-refractivity contribution in [2.75, 3.05) is 13.1 Å². The van der Waals surface area contributed by atoms with Crippen molar-refractivity contribution >= 4 is 0 Å². The number of hydrogen-bond donors (Lipinski definition) is 0. The number of nitriles is 1. The predicted octanol–water partition coefficient (Wildman–Crippen LogP) is 3.47. The maximum atomic E-state index is 9.63. The lowest BCUT2D eigenvalue weighted by atomic mass is 9.89. The second-order valence-corrected chi connectivity index (χ2v) is 5.28. The van der Waals surface area contributed by atoms with Gasteiger partial charge in [0.05, 0.1) is 6.07 Å². The van der Waals surface area contributed by atoms with E-state index < -0.39 is 5.54 Å². The molecule has 1 unspecified atom stereocenters. The highest BCUT2D eigenvalue weighted by Crippen LogP contribution is 2.30. The van der Waals surface area contributed by atoms with Crippen LogP contribution in [0.3, 0.4) is 0 Å². The summed E-state index contributed by atoms with van der Waals surface area (Å²) in [4.78, 5) is 2.33. The molecule has 2 rings (SSSR count). The predicted molar refractivity (Wildman–Crippen MR) is 74.2 cm³/mol. The van der Waals surface area contributed by atoms with Crippen LogP contribution in [0.1, 0.15) is 44.2 Å². The second-order valence-electron chi connectivity index (χ2n) is 5.28. The van der Waals surface area contributed by atoms with Gasteiger partial charge >= 0.3 is 0 Å². The van der Waals surface area contributed by atoms with E-state index in [0.29, 0.717) is 0 Å². The molecular formula is C16H22N2. The molecule has 0 N–H and O–H groups in total. The van der Waals surface area contributed by atoms with Crippen LogP contribution in [0.2, 0.25) is 0 Å². The summed E-state index contributed by atoms with van der Waals surface area (Å²) in [5.74, 6) is 0. The number of aryl methyl sites for hydroxylation is 1. The lowest BCUT2D eigenvalue weighted by Crippen LogP contribution is -2.45. The van der Waals surface area contributed by atoms with Gasteiger partial charge in [-0.05, 0) is 50.4 Å². The first-order valence-corrected chi connectivity index (χ1v) is 6.96. The van der Waals surface area contributed by atoms with E-state index in [1.807, 2.05) is 0 Å². The molecule has 0 aliphatic carbocycles. The summed E-state index contributed by atoms with van der Waals surface area (Å²) in [7, 11) is 0. The molecule has 1 atom stereocenters. The third kappa shape index (κ3) is 2.42. The van der Waals surface area contributed by atoms with E-state index in [9.17, 15) is 5.26 Å². The Morgan fingerprint density at radius 1 is 1.17 bits per heavy atom. The van der Waals surface area contributed by atoms with E-state index in [1.54, 1.807) is 0 Å². The largest absolute Gasteiger partial charge is 0.282 e. The molecule has 0 aromatic heterocycles. The Kier molecular flexibility index (Phi) is 4.04. The topological polar surface area (TPSA) is 27.0 Å². The maximum absolute atomic E-state index is 9.63. The quantitative estimate of drug-likeness (QED) is 0.811. The Bertz CT molecular complexity index is 423. The smallest absolute Gasteiger partial charge is 0.131 e. The molecular weight excluding hydrogens is 220 g/mol. The van der Waals surface area contributed by atoms with Crippen LogP contribution in [0.25, 0.3) is 0 Å². The molecule has 1 aliphatic rings. The minimum absolute atomic E-state index is 0.466. The molecule has 0 radical (unpaired) electrons. The van der Waals surface area contributed by atoms with Crippen LogP contribution >= 0.6 is 0 Å². The Labute approximate surface area is 110 Å². The SMILES string of the molecule is CCc1ccc(C(C)(C#N)N2CCCCC2)cc1. The Morgan fingerprint density at radius 2 is 1.78 bits per heavy atom. The van der Waals surface area contributed by atoms with Gasteiger partial charge in [0.2, 0.25) is 0 Å². The van der Waals surface area contributed by atoms with E-state index in [4.69, 9.17) is 0 Å². The van der Waals surface area contributed by atoms with Crippen molar-refractivity contribution < 1.29 is 0 Å². The summed E-state index contributed by atoms with van der Waals surface area (Å²) >= 11 is 0. The van der Waals surface area contributed by atoms with Crippen LogP contribution < -0.4 is 0 Å². The van der Waals surface area contributed by atoms with Crippen LogP contribution in [-0.4, -0.2) is 18.0 Å². The van der Waals surface area contributed by atoms with Gasteiger partial charge in [0.15, 0.2) is 0 Å². The van der Waals surface area contributed by atoms with Gasteiger partial charge in [0, 0.05) is 0 Å². The van der Waals surface area contributed by atoms with Gasteiger partial charge in [-0.3, -0.25) is 4.90 Å². The summed E-state index contributed by atoms with van der Waals surface area (Å²) in [6.45, 7) is 6.29. The number of rotatable bonds is 3. The standard InChI is InChI=1S/C16H22N2/c1-3-14-7-9-15(10-8-14)16(2,13-17)18-11-5-4-6-12-18/h7-10H,3-6,11-12H2,1-2H3. The Morgan fingerprint density at radius 3 is 2.28 bits per heavy atom. The highest BCUT2D eigenvalue weighted by molar-refractivity contribution is 5.33. The molecule has 1 fully saturated rings. The zero-order chi connectivity index (χ0) is 13.0. The van der Waals surface area contributed by atoms with E-state index in [-0.39, 0.29) is 0 Å². The summed E-state index contributed by atoms with van der Waals surface area (Å²) in [6, 6.07) is 11.1.